The maximum atomic E-state index is 9.14. The molecule has 1 aliphatic heterocycles. The van der Waals surface area contributed by atoms with Gasteiger partial charge in [-0.1, -0.05) is 0 Å². The maximum Gasteiger partial charge on any atom is 0.120 e. The van der Waals surface area contributed by atoms with Gasteiger partial charge in [-0.05, 0) is 37.5 Å². The molecule has 1 aromatic rings. The van der Waals surface area contributed by atoms with Gasteiger partial charge in [0.25, 0.3) is 0 Å². The van der Waals surface area contributed by atoms with E-state index in [9.17, 15) is 0 Å². The molecule has 84 valence electrons. The Morgan fingerprint density at radius 1 is 1.25 bits per heavy atom. The SMILES string of the molecule is COc1ccc(N2CCCCC2)c(C#N)c1. The highest BCUT2D eigenvalue weighted by atomic mass is 16.5. The van der Waals surface area contributed by atoms with Gasteiger partial charge in [-0.25, -0.2) is 0 Å². The number of hydrogen-bond acceptors (Lipinski definition) is 3. The minimum Gasteiger partial charge on any atom is -0.497 e. The van der Waals surface area contributed by atoms with Gasteiger partial charge >= 0.3 is 0 Å². The molecule has 1 heterocycles. The Hall–Kier alpha value is -1.69. The first-order valence-corrected chi connectivity index (χ1v) is 5.68. The van der Waals surface area contributed by atoms with Crippen molar-refractivity contribution in [1.29, 1.82) is 5.26 Å². The second-order valence-corrected chi connectivity index (χ2v) is 4.04. The van der Waals surface area contributed by atoms with Gasteiger partial charge in [0.1, 0.15) is 11.8 Å². The molecule has 3 nitrogen and oxygen atoms in total. The number of nitriles is 1. The normalized spacial score (nSPS) is 15.6. The predicted octanol–water partition coefficient (Wildman–Crippen LogP) is 2.56. The average Bonchev–Trinajstić information content (AvgIpc) is 2.39. The smallest absolute Gasteiger partial charge is 0.120 e. The molecule has 0 saturated carbocycles. The van der Waals surface area contributed by atoms with Crippen molar-refractivity contribution in [3.63, 3.8) is 0 Å². The highest BCUT2D eigenvalue weighted by molar-refractivity contribution is 5.61. The summed E-state index contributed by atoms with van der Waals surface area (Å²) in [5, 5.41) is 9.14. The Labute approximate surface area is 96.2 Å². The lowest BCUT2D eigenvalue weighted by Crippen LogP contribution is -2.29. The number of nitrogens with zero attached hydrogens (tertiary/aromatic N) is 2. The van der Waals surface area contributed by atoms with Gasteiger partial charge in [-0.3, -0.25) is 0 Å². The second kappa shape index (κ2) is 4.89. The van der Waals surface area contributed by atoms with E-state index in [-0.39, 0.29) is 0 Å². The van der Waals surface area contributed by atoms with Crippen molar-refractivity contribution in [2.75, 3.05) is 25.1 Å². The number of benzene rings is 1. The summed E-state index contributed by atoms with van der Waals surface area (Å²) in [6, 6.07) is 7.97. The summed E-state index contributed by atoms with van der Waals surface area (Å²) in [5.41, 5.74) is 1.75. The summed E-state index contributed by atoms with van der Waals surface area (Å²) in [6.45, 7) is 2.11. The molecule has 0 spiro atoms. The topological polar surface area (TPSA) is 36.3 Å². The van der Waals surface area contributed by atoms with Gasteiger partial charge in [0.15, 0.2) is 0 Å². The number of anilines is 1. The Kier molecular flexibility index (Phi) is 3.31. The van der Waals surface area contributed by atoms with Crippen molar-refractivity contribution in [2.24, 2.45) is 0 Å². The van der Waals surface area contributed by atoms with E-state index in [0.717, 1.165) is 24.5 Å². The van der Waals surface area contributed by atoms with Crippen molar-refractivity contribution in [3.8, 4) is 11.8 Å². The fourth-order valence-corrected chi connectivity index (χ4v) is 2.14. The zero-order valence-electron chi connectivity index (χ0n) is 9.57. The molecule has 0 amide bonds. The molecule has 0 aromatic heterocycles. The molecule has 16 heavy (non-hydrogen) atoms. The van der Waals surface area contributed by atoms with Crippen LogP contribution in [0.15, 0.2) is 18.2 Å². The third-order valence-corrected chi connectivity index (χ3v) is 3.02. The number of methoxy groups -OCH3 is 1. The summed E-state index contributed by atoms with van der Waals surface area (Å²) in [6.07, 6.45) is 3.74. The first-order chi connectivity index (χ1) is 7.85. The van der Waals surface area contributed by atoms with Crippen molar-refractivity contribution < 1.29 is 4.74 Å². The largest absolute Gasteiger partial charge is 0.497 e. The Balaban J connectivity index is 2.29. The zero-order valence-corrected chi connectivity index (χ0v) is 9.57. The van der Waals surface area contributed by atoms with Gasteiger partial charge in [-0.15, -0.1) is 0 Å². The van der Waals surface area contributed by atoms with Crippen molar-refractivity contribution in [1.82, 2.24) is 0 Å². The molecule has 0 radical (unpaired) electrons. The lowest BCUT2D eigenvalue weighted by molar-refractivity contribution is 0.414. The molecular formula is C13H16N2O. The summed E-state index contributed by atoms with van der Waals surface area (Å²) >= 11 is 0. The van der Waals surface area contributed by atoms with E-state index in [1.807, 2.05) is 18.2 Å². The van der Waals surface area contributed by atoms with Crippen LogP contribution in [0, 0.1) is 11.3 Å². The van der Waals surface area contributed by atoms with Gasteiger partial charge in [0, 0.05) is 13.1 Å². The minimum absolute atomic E-state index is 0.709. The molecule has 0 unspecified atom stereocenters. The highest BCUT2D eigenvalue weighted by Gasteiger charge is 2.14. The number of ether oxygens (including phenoxy) is 1. The van der Waals surface area contributed by atoms with Crippen LogP contribution in [-0.2, 0) is 0 Å². The quantitative estimate of drug-likeness (QED) is 0.762. The molecule has 0 N–H and O–H groups in total. The molecule has 0 atom stereocenters. The van der Waals surface area contributed by atoms with E-state index in [4.69, 9.17) is 10.00 Å². The highest BCUT2D eigenvalue weighted by Crippen LogP contribution is 2.27. The summed E-state index contributed by atoms with van der Waals surface area (Å²) < 4.78 is 5.13. The molecule has 0 bridgehead atoms. The van der Waals surface area contributed by atoms with Crippen LogP contribution in [0.5, 0.6) is 5.75 Å². The molecule has 1 saturated heterocycles. The van der Waals surface area contributed by atoms with Crippen LogP contribution in [0.4, 0.5) is 5.69 Å². The zero-order chi connectivity index (χ0) is 11.4. The van der Waals surface area contributed by atoms with E-state index in [2.05, 4.69) is 11.0 Å². The van der Waals surface area contributed by atoms with Crippen LogP contribution in [0.1, 0.15) is 24.8 Å². The number of hydrogen-bond donors (Lipinski definition) is 0. The average molecular weight is 216 g/mol. The van der Waals surface area contributed by atoms with E-state index in [1.54, 1.807) is 7.11 Å². The second-order valence-electron chi connectivity index (χ2n) is 4.04. The van der Waals surface area contributed by atoms with E-state index in [1.165, 1.54) is 19.3 Å². The molecule has 1 aromatic carbocycles. The number of piperidine rings is 1. The summed E-state index contributed by atoms with van der Waals surface area (Å²) in [5.74, 6) is 0.748. The van der Waals surface area contributed by atoms with E-state index in [0.29, 0.717) is 5.56 Å². The summed E-state index contributed by atoms with van der Waals surface area (Å²) in [7, 11) is 1.62. The monoisotopic (exact) mass is 216 g/mol. The van der Waals surface area contributed by atoms with Crippen LogP contribution in [-0.4, -0.2) is 20.2 Å². The number of rotatable bonds is 2. The minimum atomic E-state index is 0.709. The standard InChI is InChI=1S/C13H16N2O/c1-16-12-5-6-13(11(9-12)10-14)15-7-3-2-4-8-15/h5-6,9H,2-4,7-8H2,1H3. The Morgan fingerprint density at radius 3 is 2.62 bits per heavy atom. The molecule has 1 aliphatic rings. The van der Waals surface area contributed by atoms with Crippen molar-refractivity contribution >= 4 is 5.69 Å². The van der Waals surface area contributed by atoms with Crippen LogP contribution < -0.4 is 9.64 Å². The van der Waals surface area contributed by atoms with Gasteiger partial charge in [0.2, 0.25) is 0 Å². The van der Waals surface area contributed by atoms with E-state index >= 15 is 0 Å². The molecule has 3 heteroatoms. The van der Waals surface area contributed by atoms with Crippen LogP contribution >= 0.6 is 0 Å². The van der Waals surface area contributed by atoms with Gasteiger partial charge in [0.05, 0.1) is 18.4 Å². The van der Waals surface area contributed by atoms with Crippen LogP contribution in [0.25, 0.3) is 0 Å². The lowest BCUT2D eigenvalue weighted by atomic mass is 10.1. The fraction of sp³-hybridized carbons (Fsp3) is 0.462. The molecule has 1 fully saturated rings. The first-order valence-electron chi connectivity index (χ1n) is 5.68. The van der Waals surface area contributed by atoms with Gasteiger partial charge in [-0.2, -0.15) is 5.26 Å². The third kappa shape index (κ3) is 2.11. The maximum absolute atomic E-state index is 9.14. The molecule has 0 aliphatic carbocycles. The molecule has 2 rings (SSSR count). The van der Waals surface area contributed by atoms with Crippen molar-refractivity contribution in [2.45, 2.75) is 19.3 Å². The first kappa shape index (κ1) is 10.8. The summed E-state index contributed by atoms with van der Waals surface area (Å²) in [4.78, 5) is 2.29. The van der Waals surface area contributed by atoms with Crippen LogP contribution in [0.2, 0.25) is 0 Å². The van der Waals surface area contributed by atoms with E-state index < -0.39 is 0 Å². The van der Waals surface area contributed by atoms with Crippen molar-refractivity contribution in [3.05, 3.63) is 23.8 Å². The predicted molar refractivity (Wildman–Crippen MR) is 63.8 cm³/mol. The van der Waals surface area contributed by atoms with Crippen LogP contribution in [0.3, 0.4) is 0 Å². The third-order valence-electron chi connectivity index (χ3n) is 3.02. The Morgan fingerprint density at radius 2 is 2.00 bits per heavy atom. The van der Waals surface area contributed by atoms with Gasteiger partial charge < -0.3 is 9.64 Å². The Bertz CT molecular complexity index is 403. The fourth-order valence-electron chi connectivity index (χ4n) is 2.14. The molecular weight excluding hydrogens is 200 g/mol. The lowest BCUT2D eigenvalue weighted by Gasteiger charge is -2.29.